The Kier molecular flexibility index (Phi) is 12.6. The molecular formula is C21H52N2O2Si3. The molecule has 0 aliphatic heterocycles. The lowest BCUT2D eigenvalue weighted by Crippen LogP contribution is -2.64. The first-order valence-electron chi connectivity index (χ1n) is 11.6. The van der Waals surface area contributed by atoms with Gasteiger partial charge in [0.05, 0.1) is 13.3 Å². The van der Waals surface area contributed by atoms with Crippen LogP contribution < -0.4 is 11.1 Å². The molecule has 3 N–H and O–H groups in total. The van der Waals surface area contributed by atoms with E-state index < -0.39 is 24.7 Å². The molecule has 170 valence electrons. The summed E-state index contributed by atoms with van der Waals surface area (Å²) in [5, 5.41) is 3.20. The molecule has 28 heavy (non-hydrogen) atoms. The van der Waals surface area contributed by atoms with Crippen molar-refractivity contribution in [2.75, 3.05) is 20.1 Å². The molecule has 7 heteroatoms. The fraction of sp³-hybridized carbons (Fsp3) is 1.00. The smallest absolute Gasteiger partial charge is 0.216 e. The van der Waals surface area contributed by atoms with Gasteiger partial charge in [0.15, 0.2) is 8.32 Å². The van der Waals surface area contributed by atoms with E-state index in [1.807, 2.05) is 7.05 Å². The molecule has 0 rings (SSSR count). The van der Waals surface area contributed by atoms with Crippen molar-refractivity contribution in [3.05, 3.63) is 0 Å². The summed E-state index contributed by atoms with van der Waals surface area (Å²) >= 11 is 0. The van der Waals surface area contributed by atoms with Crippen LogP contribution in [0.2, 0.25) is 51.4 Å². The zero-order valence-electron chi connectivity index (χ0n) is 20.8. The summed E-state index contributed by atoms with van der Waals surface area (Å²) in [7, 11) is -3.25. The van der Waals surface area contributed by atoms with Gasteiger partial charge >= 0.3 is 0 Å². The highest BCUT2D eigenvalue weighted by Crippen LogP contribution is 2.39. The highest BCUT2D eigenvalue weighted by atomic mass is 28.4. The maximum Gasteiger partial charge on any atom is 0.216 e. The van der Waals surface area contributed by atoms with Gasteiger partial charge in [-0.1, -0.05) is 39.9 Å². The van der Waals surface area contributed by atoms with Crippen molar-refractivity contribution < 1.29 is 8.85 Å². The zero-order valence-corrected chi connectivity index (χ0v) is 23.8. The van der Waals surface area contributed by atoms with E-state index in [2.05, 4.69) is 65.4 Å². The van der Waals surface area contributed by atoms with E-state index in [1.165, 1.54) is 12.5 Å². The summed E-state index contributed by atoms with van der Waals surface area (Å²) in [6.45, 7) is 23.3. The second kappa shape index (κ2) is 12.4. The highest BCUT2D eigenvalue weighted by Gasteiger charge is 2.52. The first-order valence-corrected chi connectivity index (χ1v) is 20.9. The Labute approximate surface area is 180 Å². The second-order valence-corrected chi connectivity index (χ2v) is 23.7. The van der Waals surface area contributed by atoms with Crippen LogP contribution in [0, 0.1) is 0 Å². The Bertz CT molecular complexity index is 428. The molecule has 4 nitrogen and oxygen atoms in total. The normalized spacial score (nSPS) is 15.1. The molecule has 0 radical (unpaired) electrons. The van der Waals surface area contributed by atoms with Crippen LogP contribution in [0.1, 0.15) is 52.9 Å². The van der Waals surface area contributed by atoms with Gasteiger partial charge in [-0.25, -0.2) is 0 Å². The largest absolute Gasteiger partial charge is 0.415 e. The first-order chi connectivity index (χ1) is 12.9. The zero-order chi connectivity index (χ0) is 22.1. The van der Waals surface area contributed by atoms with Gasteiger partial charge in [-0.15, -0.1) is 0 Å². The van der Waals surface area contributed by atoms with Crippen molar-refractivity contribution in [1.82, 2.24) is 5.32 Å². The lowest BCUT2D eigenvalue weighted by Gasteiger charge is -2.50. The topological polar surface area (TPSA) is 56.5 Å². The Hall–Kier alpha value is 0.491. The standard InChI is InChI=1S/C21H52N2O2Si3/c1-11-20(26(5,6)18-15-17-23-4)24-28(9,10)21(12-2,13-3)25-27(7,8)19-14-16-22/h20,23H,11-19,22H2,1-10H3. The lowest BCUT2D eigenvalue weighted by molar-refractivity contribution is 0.0863. The molecule has 0 amide bonds. The average molecular weight is 449 g/mol. The molecule has 0 fully saturated rings. The average Bonchev–Trinajstić information content (AvgIpc) is 2.62. The fourth-order valence-electron chi connectivity index (χ4n) is 4.62. The molecule has 0 bridgehead atoms. The minimum absolute atomic E-state index is 0.0970. The molecule has 0 spiro atoms. The van der Waals surface area contributed by atoms with Crippen LogP contribution in [0.3, 0.4) is 0 Å². The van der Waals surface area contributed by atoms with E-state index in [4.69, 9.17) is 14.6 Å². The van der Waals surface area contributed by atoms with Crippen molar-refractivity contribution in [3.63, 3.8) is 0 Å². The summed E-state index contributed by atoms with van der Waals surface area (Å²) < 4.78 is 14.2. The SMILES string of the molecule is CCC(O[Si](C)(C)C(CC)(CC)O[Si](C)(C)CCCN)[Si](C)(C)CCCNC. The Balaban J connectivity index is 5.53. The first kappa shape index (κ1) is 28.5. The van der Waals surface area contributed by atoms with Crippen LogP contribution in [0.15, 0.2) is 0 Å². The van der Waals surface area contributed by atoms with Crippen LogP contribution in [0.4, 0.5) is 0 Å². The second-order valence-electron chi connectivity index (χ2n) is 10.2. The molecule has 0 aliphatic carbocycles. The van der Waals surface area contributed by atoms with Gasteiger partial charge in [-0.3, -0.25) is 0 Å². The van der Waals surface area contributed by atoms with E-state index in [1.54, 1.807) is 0 Å². The van der Waals surface area contributed by atoms with Gasteiger partial charge in [-0.2, -0.15) is 0 Å². The van der Waals surface area contributed by atoms with Gasteiger partial charge in [0.25, 0.3) is 0 Å². The van der Waals surface area contributed by atoms with Crippen molar-refractivity contribution in [2.24, 2.45) is 5.73 Å². The van der Waals surface area contributed by atoms with Crippen molar-refractivity contribution in [1.29, 1.82) is 0 Å². The molecule has 0 aliphatic rings. The van der Waals surface area contributed by atoms with Crippen molar-refractivity contribution in [3.8, 4) is 0 Å². The quantitative estimate of drug-likeness (QED) is 0.241. The minimum Gasteiger partial charge on any atom is -0.415 e. The van der Waals surface area contributed by atoms with E-state index >= 15 is 0 Å². The van der Waals surface area contributed by atoms with Gasteiger partial charge < -0.3 is 19.9 Å². The number of nitrogens with two attached hydrogens (primary N) is 1. The van der Waals surface area contributed by atoms with E-state index in [9.17, 15) is 0 Å². The maximum atomic E-state index is 7.13. The molecule has 0 heterocycles. The number of hydrogen-bond acceptors (Lipinski definition) is 4. The fourth-order valence-corrected chi connectivity index (χ4v) is 16.4. The van der Waals surface area contributed by atoms with Gasteiger partial charge in [0.1, 0.15) is 0 Å². The van der Waals surface area contributed by atoms with Gasteiger partial charge in [0.2, 0.25) is 8.32 Å². The summed E-state index contributed by atoms with van der Waals surface area (Å²) in [6, 6.07) is 2.46. The molecule has 0 aromatic rings. The third kappa shape index (κ3) is 8.32. The predicted octanol–water partition coefficient (Wildman–Crippen LogP) is 5.51. The Morgan fingerprint density at radius 3 is 1.93 bits per heavy atom. The lowest BCUT2D eigenvalue weighted by atomic mass is 10.2. The summed E-state index contributed by atoms with van der Waals surface area (Å²) in [4.78, 5) is 0. The molecule has 1 atom stereocenters. The summed E-state index contributed by atoms with van der Waals surface area (Å²) in [6.07, 6.45) is 5.51. The molecule has 0 saturated carbocycles. The van der Waals surface area contributed by atoms with Crippen LogP contribution in [-0.4, -0.2) is 55.8 Å². The molecule has 1 unspecified atom stereocenters. The molecule has 0 aromatic carbocycles. The van der Waals surface area contributed by atoms with Crippen LogP contribution in [-0.2, 0) is 8.85 Å². The Morgan fingerprint density at radius 2 is 1.50 bits per heavy atom. The molecule has 0 saturated heterocycles. The van der Waals surface area contributed by atoms with Crippen LogP contribution in [0.25, 0.3) is 0 Å². The van der Waals surface area contributed by atoms with Gasteiger partial charge in [0, 0.05) is 5.73 Å². The van der Waals surface area contributed by atoms with E-state index in [-0.39, 0.29) is 5.22 Å². The van der Waals surface area contributed by atoms with Crippen molar-refractivity contribution >= 4 is 24.7 Å². The van der Waals surface area contributed by atoms with E-state index in [0.717, 1.165) is 44.8 Å². The van der Waals surface area contributed by atoms with Gasteiger partial charge in [-0.05, 0) is 84.5 Å². The van der Waals surface area contributed by atoms with Crippen LogP contribution >= 0.6 is 0 Å². The number of rotatable bonds is 16. The summed E-state index contributed by atoms with van der Waals surface area (Å²) in [5.74, 6) is 0. The number of hydrogen-bond donors (Lipinski definition) is 2. The molecule has 0 aromatic heterocycles. The Morgan fingerprint density at radius 1 is 0.929 bits per heavy atom. The van der Waals surface area contributed by atoms with E-state index in [0.29, 0.717) is 5.73 Å². The minimum atomic E-state index is -2.07. The third-order valence-electron chi connectivity index (χ3n) is 6.62. The molecular weight excluding hydrogens is 397 g/mol. The van der Waals surface area contributed by atoms with Crippen molar-refractivity contribution in [2.45, 2.75) is 115 Å². The number of nitrogens with one attached hydrogen (secondary N) is 1. The monoisotopic (exact) mass is 448 g/mol. The van der Waals surface area contributed by atoms with Crippen LogP contribution in [0.5, 0.6) is 0 Å². The third-order valence-corrected chi connectivity index (χ3v) is 17.4. The predicted molar refractivity (Wildman–Crippen MR) is 134 cm³/mol. The highest BCUT2D eigenvalue weighted by molar-refractivity contribution is 6.81. The summed E-state index contributed by atoms with van der Waals surface area (Å²) in [5.41, 5.74) is 6.20. The maximum absolute atomic E-state index is 7.13.